The number of esters is 1. The van der Waals surface area contributed by atoms with Gasteiger partial charge in [0.15, 0.2) is 11.6 Å². The third kappa shape index (κ3) is 3.25. The van der Waals surface area contributed by atoms with E-state index in [1.807, 2.05) is 0 Å². The minimum atomic E-state index is -0.713. The van der Waals surface area contributed by atoms with Crippen molar-refractivity contribution in [1.82, 2.24) is 4.90 Å². The summed E-state index contributed by atoms with van der Waals surface area (Å²) >= 11 is 0. The van der Waals surface area contributed by atoms with Crippen LogP contribution in [0.4, 0.5) is 0 Å². The van der Waals surface area contributed by atoms with Crippen LogP contribution in [0, 0.1) is 0 Å². The summed E-state index contributed by atoms with van der Waals surface area (Å²) in [6, 6.07) is 11.0. The fourth-order valence-corrected chi connectivity index (χ4v) is 3.55. The van der Waals surface area contributed by atoms with E-state index in [0.29, 0.717) is 34.4 Å². The number of carbonyl (C=O) groups is 3. The molecule has 6 nitrogen and oxygen atoms in total. The standard InChI is InChI=1S/C22H22N2O4/c1-22(2)12-24(22)10-18(23)21(27)28-11-13-7-8-16-17(9-13)20(26)15-6-4-3-5-14(15)19(16)25/h3-9,18H,10-12,23H2,1-2H3. The Labute approximate surface area is 163 Å². The fraction of sp³-hybridized carbons (Fsp3) is 0.318. The Morgan fingerprint density at radius 2 is 1.64 bits per heavy atom. The van der Waals surface area contributed by atoms with Crippen LogP contribution in [0.25, 0.3) is 0 Å². The number of ether oxygens (including phenoxy) is 1. The van der Waals surface area contributed by atoms with Gasteiger partial charge in [-0.15, -0.1) is 0 Å². The summed E-state index contributed by atoms with van der Waals surface area (Å²) in [6.45, 7) is 5.56. The molecule has 1 saturated heterocycles. The molecule has 4 rings (SSSR count). The van der Waals surface area contributed by atoms with Crippen LogP contribution in [0.1, 0.15) is 51.3 Å². The topological polar surface area (TPSA) is 89.5 Å². The molecule has 0 amide bonds. The highest BCUT2D eigenvalue weighted by Gasteiger charge is 2.44. The van der Waals surface area contributed by atoms with E-state index >= 15 is 0 Å². The molecule has 2 aliphatic rings. The quantitative estimate of drug-likeness (QED) is 0.539. The first-order valence-corrected chi connectivity index (χ1v) is 9.26. The van der Waals surface area contributed by atoms with Gasteiger partial charge >= 0.3 is 5.97 Å². The van der Waals surface area contributed by atoms with Gasteiger partial charge < -0.3 is 10.5 Å². The third-order valence-corrected chi connectivity index (χ3v) is 5.42. The second-order valence-electron chi connectivity index (χ2n) is 7.99. The van der Waals surface area contributed by atoms with E-state index in [4.69, 9.17) is 10.5 Å². The molecule has 1 fully saturated rings. The second-order valence-corrected chi connectivity index (χ2v) is 7.99. The van der Waals surface area contributed by atoms with Crippen molar-refractivity contribution in [2.75, 3.05) is 13.1 Å². The Morgan fingerprint density at radius 3 is 2.25 bits per heavy atom. The smallest absolute Gasteiger partial charge is 0.324 e. The zero-order valence-electron chi connectivity index (χ0n) is 15.9. The summed E-state index contributed by atoms with van der Waals surface area (Å²) < 4.78 is 5.32. The first-order valence-electron chi connectivity index (χ1n) is 9.26. The molecular weight excluding hydrogens is 356 g/mol. The van der Waals surface area contributed by atoms with Crippen LogP contribution >= 0.6 is 0 Å². The van der Waals surface area contributed by atoms with Crippen LogP contribution in [-0.4, -0.2) is 47.1 Å². The van der Waals surface area contributed by atoms with E-state index < -0.39 is 12.0 Å². The normalized spacial score (nSPS) is 20.2. The molecule has 2 unspecified atom stereocenters. The lowest BCUT2D eigenvalue weighted by molar-refractivity contribution is -0.146. The molecule has 0 saturated carbocycles. The van der Waals surface area contributed by atoms with Gasteiger partial charge in [-0.25, -0.2) is 0 Å². The van der Waals surface area contributed by atoms with Gasteiger partial charge in [-0.2, -0.15) is 0 Å². The maximum atomic E-state index is 12.8. The highest BCUT2D eigenvalue weighted by Crippen LogP contribution is 2.30. The second kappa shape index (κ2) is 6.65. The number of benzene rings is 2. The number of rotatable bonds is 5. The summed E-state index contributed by atoms with van der Waals surface area (Å²) in [5.41, 5.74) is 8.21. The molecule has 2 aromatic rings. The van der Waals surface area contributed by atoms with Crippen molar-refractivity contribution in [1.29, 1.82) is 0 Å². The summed E-state index contributed by atoms with van der Waals surface area (Å²) in [6.07, 6.45) is 0. The number of nitrogens with two attached hydrogens (primary N) is 1. The Balaban J connectivity index is 1.45. The largest absolute Gasteiger partial charge is 0.460 e. The number of ketones is 2. The minimum absolute atomic E-state index is 0.00627. The lowest BCUT2D eigenvalue weighted by Crippen LogP contribution is -2.39. The van der Waals surface area contributed by atoms with Crippen molar-refractivity contribution in [3.8, 4) is 0 Å². The van der Waals surface area contributed by atoms with Gasteiger partial charge in [-0.05, 0) is 31.5 Å². The average molecular weight is 378 g/mol. The predicted octanol–water partition coefficient (Wildman–Crippen LogP) is 1.93. The van der Waals surface area contributed by atoms with E-state index in [1.54, 1.807) is 42.5 Å². The Bertz CT molecular complexity index is 996. The monoisotopic (exact) mass is 378 g/mol. The molecule has 0 bridgehead atoms. The SMILES string of the molecule is CC1(C)CN1CC(N)C(=O)OCc1ccc2c(c1)C(=O)c1ccccc1C2=O. The van der Waals surface area contributed by atoms with Crippen molar-refractivity contribution in [3.63, 3.8) is 0 Å². The lowest BCUT2D eigenvalue weighted by Gasteiger charge is -2.18. The van der Waals surface area contributed by atoms with E-state index in [-0.39, 0.29) is 23.7 Å². The maximum absolute atomic E-state index is 12.8. The third-order valence-electron chi connectivity index (χ3n) is 5.42. The van der Waals surface area contributed by atoms with Crippen molar-refractivity contribution in [2.24, 2.45) is 5.73 Å². The number of hydrogen-bond acceptors (Lipinski definition) is 6. The highest BCUT2D eigenvalue weighted by molar-refractivity contribution is 6.28. The first kappa shape index (κ1) is 18.5. The van der Waals surface area contributed by atoms with Crippen molar-refractivity contribution >= 4 is 17.5 Å². The zero-order chi connectivity index (χ0) is 20.1. The van der Waals surface area contributed by atoms with E-state index in [9.17, 15) is 14.4 Å². The summed E-state index contributed by atoms with van der Waals surface area (Å²) in [5, 5.41) is 0. The molecule has 6 heteroatoms. The molecule has 2 aromatic carbocycles. The Hall–Kier alpha value is -2.83. The van der Waals surface area contributed by atoms with E-state index in [0.717, 1.165) is 6.54 Å². The van der Waals surface area contributed by atoms with Crippen molar-refractivity contribution < 1.29 is 19.1 Å². The average Bonchev–Trinajstić information content (AvgIpc) is 3.29. The van der Waals surface area contributed by atoms with Gasteiger partial charge in [0.05, 0.1) is 0 Å². The number of fused-ring (bicyclic) bond motifs is 2. The summed E-state index contributed by atoms with van der Waals surface area (Å²) in [7, 11) is 0. The minimum Gasteiger partial charge on any atom is -0.460 e. The molecule has 0 radical (unpaired) electrons. The number of carbonyl (C=O) groups excluding carboxylic acids is 3. The zero-order valence-corrected chi connectivity index (χ0v) is 15.9. The fourth-order valence-electron chi connectivity index (χ4n) is 3.55. The van der Waals surface area contributed by atoms with Gasteiger partial charge in [-0.3, -0.25) is 19.3 Å². The molecule has 1 aliphatic carbocycles. The maximum Gasteiger partial charge on any atom is 0.324 e. The predicted molar refractivity (Wildman–Crippen MR) is 103 cm³/mol. The van der Waals surface area contributed by atoms with Gasteiger partial charge in [0.25, 0.3) is 0 Å². The van der Waals surface area contributed by atoms with Crippen LogP contribution < -0.4 is 5.73 Å². The molecule has 28 heavy (non-hydrogen) atoms. The van der Waals surface area contributed by atoms with Gasteiger partial charge in [0.2, 0.25) is 0 Å². The van der Waals surface area contributed by atoms with Gasteiger partial charge in [0.1, 0.15) is 12.6 Å². The molecule has 1 heterocycles. The highest BCUT2D eigenvalue weighted by atomic mass is 16.5. The first-order chi connectivity index (χ1) is 13.3. The van der Waals surface area contributed by atoms with E-state index in [2.05, 4.69) is 18.7 Å². The summed E-state index contributed by atoms with van der Waals surface area (Å²) in [4.78, 5) is 39.7. The molecule has 144 valence electrons. The molecule has 0 spiro atoms. The van der Waals surface area contributed by atoms with Gasteiger partial charge in [0, 0.05) is 40.9 Å². The molecular formula is C22H22N2O4. The van der Waals surface area contributed by atoms with Crippen LogP contribution in [0.5, 0.6) is 0 Å². The van der Waals surface area contributed by atoms with Gasteiger partial charge in [-0.1, -0.05) is 30.3 Å². The van der Waals surface area contributed by atoms with Crippen molar-refractivity contribution in [2.45, 2.75) is 32.0 Å². The molecule has 0 aromatic heterocycles. The Morgan fingerprint density at radius 1 is 1.07 bits per heavy atom. The van der Waals surface area contributed by atoms with E-state index in [1.165, 1.54) is 0 Å². The van der Waals surface area contributed by atoms with Crippen LogP contribution in [0.2, 0.25) is 0 Å². The molecule has 1 aliphatic heterocycles. The van der Waals surface area contributed by atoms with Crippen LogP contribution in [0.15, 0.2) is 42.5 Å². The molecule has 2 atom stereocenters. The number of nitrogens with zero attached hydrogens (tertiary/aromatic N) is 1. The summed E-state index contributed by atoms with van der Waals surface area (Å²) in [5.74, 6) is -0.844. The lowest BCUT2D eigenvalue weighted by atomic mass is 9.83. The van der Waals surface area contributed by atoms with Crippen LogP contribution in [-0.2, 0) is 16.1 Å². The number of hydrogen-bond donors (Lipinski definition) is 1. The Kier molecular flexibility index (Phi) is 4.40. The van der Waals surface area contributed by atoms with Crippen molar-refractivity contribution in [3.05, 3.63) is 70.3 Å². The van der Waals surface area contributed by atoms with Crippen LogP contribution in [0.3, 0.4) is 0 Å². The molecule has 2 N–H and O–H groups in total.